The molecular weight excluding hydrogens is 272 g/mol. The van der Waals surface area contributed by atoms with Crippen molar-refractivity contribution in [2.75, 3.05) is 6.61 Å². The van der Waals surface area contributed by atoms with E-state index in [1.807, 2.05) is 0 Å². The van der Waals surface area contributed by atoms with E-state index < -0.39 is 30.5 Å². The maximum absolute atomic E-state index is 14.2. The van der Waals surface area contributed by atoms with Crippen LogP contribution in [0, 0.1) is 5.92 Å². The molecule has 2 aromatic heterocycles. The van der Waals surface area contributed by atoms with Crippen LogP contribution in [0.4, 0.5) is 8.78 Å². The molecule has 20 heavy (non-hydrogen) atoms. The first kappa shape index (κ1) is 13.2. The van der Waals surface area contributed by atoms with E-state index in [-0.39, 0.29) is 28.9 Å². The van der Waals surface area contributed by atoms with Gasteiger partial charge in [-0.15, -0.1) is 0 Å². The predicted molar refractivity (Wildman–Crippen MR) is 64.4 cm³/mol. The Morgan fingerprint density at radius 3 is 2.80 bits per heavy atom. The molecular formula is C12H13F2N3O3. The number of aromatic nitrogens is 3. The Morgan fingerprint density at radius 2 is 2.15 bits per heavy atom. The first-order chi connectivity index (χ1) is 9.46. The Bertz CT molecular complexity index is 646. The van der Waals surface area contributed by atoms with E-state index in [0.717, 1.165) is 6.33 Å². The number of aliphatic hydroxyl groups is 2. The summed E-state index contributed by atoms with van der Waals surface area (Å²) in [7, 11) is 0. The number of fused-ring (bicyclic) bond motifs is 1. The fraction of sp³-hybridized carbons (Fsp3) is 0.500. The predicted octanol–water partition coefficient (Wildman–Crippen LogP) is 0.755. The van der Waals surface area contributed by atoms with E-state index in [9.17, 15) is 19.0 Å². The smallest absolute Gasteiger partial charge is 0.280 e. The van der Waals surface area contributed by atoms with Gasteiger partial charge in [-0.2, -0.15) is 0 Å². The maximum Gasteiger partial charge on any atom is 0.280 e. The van der Waals surface area contributed by atoms with Crippen LogP contribution >= 0.6 is 0 Å². The number of aliphatic hydroxyl groups excluding tert-OH is 2. The molecule has 0 aliphatic heterocycles. The highest BCUT2D eigenvalue weighted by Gasteiger charge is 2.57. The fourth-order valence-corrected chi connectivity index (χ4v) is 2.83. The second-order valence-electron chi connectivity index (χ2n) is 5.02. The first-order valence-corrected chi connectivity index (χ1v) is 6.14. The summed E-state index contributed by atoms with van der Waals surface area (Å²) in [5, 5.41) is 28.2. The third kappa shape index (κ3) is 1.68. The molecule has 3 atom stereocenters. The SMILES string of the molecule is OC[C@H]1C[C@@H](c2c[nH]c3c(O)ncnc23)C(F)(F)[C@@H]1O. The number of aromatic amines is 1. The number of hydrogen-bond acceptors (Lipinski definition) is 5. The quantitative estimate of drug-likeness (QED) is 0.652. The molecule has 108 valence electrons. The summed E-state index contributed by atoms with van der Waals surface area (Å²) in [4.78, 5) is 10.1. The molecule has 0 bridgehead atoms. The van der Waals surface area contributed by atoms with E-state index in [4.69, 9.17) is 5.11 Å². The topological polar surface area (TPSA) is 102 Å². The van der Waals surface area contributed by atoms with E-state index in [2.05, 4.69) is 15.0 Å². The lowest BCUT2D eigenvalue weighted by Crippen LogP contribution is -2.35. The highest BCUT2D eigenvalue weighted by atomic mass is 19.3. The summed E-state index contributed by atoms with van der Waals surface area (Å²) in [6.07, 6.45) is 0.479. The molecule has 0 unspecified atom stereocenters. The number of H-pyrrole nitrogens is 1. The summed E-state index contributed by atoms with van der Waals surface area (Å²) in [6, 6.07) is 0. The lowest BCUT2D eigenvalue weighted by Gasteiger charge is -2.21. The van der Waals surface area contributed by atoms with Crippen molar-refractivity contribution < 1.29 is 24.1 Å². The van der Waals surface area contributed by atoms with Crippen LogP contribution in [0.2, 0.25) is 0 Å². The molecule has 0 saturated heterocycles. The van der Waals surface area contributed by atoms with E-state index in [0.29, 0.717) is 0 Å². The molecule has 1 fully saturated rings. The van der Waals surface area contributed by atoms with Crippen LogP contribution in [-0.2, 0) is 0 Å². The minimum absolute atomic E-state index is 0.0532. The number of nitrogens with zero attached hydrogens (tertiary/aromatic N) is 2. The Hall–Kier alpha value is -1.80. The summed E-state index contributed by atoms with van der Waals surface area (Å²) in [5.41, 5.74) is 0.589. The van der Waals surface area contributed by atoms with Crippen LogP contribution in [0.1, 0.15) is 17.9 Å². The molecule has 6 nitrogen and oxygen atoms in total. The number of halogens is 2. The van der Waals surface area contributed by atoms with Gasteiger partial charge in [0, 0.05) is 24.3 Å². The largest absolute Gasteiger partial charge is 0.492 e. The van der Waals surface area contributed by atoms with Gasteiger partial charge in [0.1, 0.15) is 17.9 Å². The van der Waals surface area contributed by atoms with Crippen LogP contribution in [0.15, 0.2) is 12.5 Å². The highest BCUT2D eigenvalue weighted by molar-refractivity contribution is 5.83. The van der Waals surface area contributed by atoms with Gasteiger partial charge in [-0.05, 0) is 6.42 Å². The van der Waals surface area contributed by atoms with Gasteiger partial charge in [0.25, 0.3) is 5.92 Å². The Labute approximate surface area is 112 Å². The zero-order valence-corrected chi connectivity index (χ0v) is 10.3. The third-order valence-electron chi connectivity index (χ3n) is 3.93. The Morgan fingerprint density at radius 1 is 1.40 bits per heavy atom. The lowest BCUT2D eigenvalue weighted by molar-refractivity contribution is -0.112. The molecule has 0 amide bonds. The van der Waals surface area contributed by atoms with Crippen molar-refractivity contribution in [3.05, 3.63) is 18.1 Å². The van der Waals surface area contributed by atoms with Crippen molar-refractivity contribution in [3.8, 4) is 5.88 Å². The van der Waals surface area contributed by atoms with Gasteiger partial charge >= 0.3 is 0 Å². The molecule has 1 saturated carbocycles. The van der Waals surface area contributed by atoms with Crippen LogP contribution in [-0.4, -0.2) is 48.9 Å². The van der Waals surface area contributed by atoms with Crippen molar-refractivity contribution in [2.24, 2.45) is 5.92 Å². The number of alkyl halides is 2. The van der Waals surface area contributed by atoms with Gasteiger partial charge < -0.3 is 20.3 Å². The summed E-state index contributed by atoms with van der Waals surface area (Å²) < 4.78 is 28.3. The minimum Gasteiger partial charge on any atom is -0.492 e. The van der Waals surface area contributed by atoms with Gasteiger partial charge in [-0.25, -0.2) is 18.7 Å². The summed E-state index contributed by atoms with van der Waals surface area (Å²) >= 11 is 0. The van der Waals surface area contributed by atoms with Crippen molar-refractivity contribution in [3.63, 3.8) is 0 Å². The van der Waals surface area contributed by atoms with E-state index >= 15 is 0 Å². The maximum atomic E-state index is 14.2. The average Bonchev–Trinajstić information content (AvgIpc) is 2.92. The van der Waals surface area contributed by atoms with Gasteiger partial charge in [-0.1, -0.05) is 0 Å². The van der Waals surface area contributed by atoms with E-state index in [1.165, 1.54) is 6.20 Å². The molecule has 0 aromatic carbocycles. The number of nitrogens with one attached hydrogen (secondary N) is 1. The first-order valence-electron chi connectivity index (χ1n) is 6.14. The number of aromatic hydroxyl groups is 1. The summed E-state index contributed by atoms with van der Waals surface area (Å²) in [5.74, 6) is -5.82. The lowest BCUT2D eigenvalue weighted by atomic mass is 9.96. The van der Waals surface area contributed by atoms with E-state index in [1.54, 1.807) is 0 Å². The second-order valence-corrected chi connectivity index (χ2v) is 5.02. The molecule has 8 heteroatoms. The fourth-order valence-electron chi connectivity index (χ4n) is 2.83. The van der Waals surface area contributed by atoms with Crippen molar-refractivity contribution >= 4 is 11.0 Å². The Kier molecular flexibility index (Phi) is 2.87. The van der Waals surface area contributed by atoms with Gasteiger partial charge in [-0.3, -0.25) is 0 Å². The van der Waals surface area contributed by atoms with Crippen molar-refractivity contribution in [1.29, 1.82) is 0 Å². The van der Waals surface area contributed by atoms with Crippen LogP contribution < -0.4 is 0 Å². The second kappa shape index (κ2) is 4.35. The van der Waals surface area contributed by atoms with Crippen molar-refractivity contribution in [2.45, 2.75) is 24.4 Å². The van der Waals surface area contributed by atoms with Crippen LogP contribution in [0.25, 0.3) is 11.0 Å². The van der Waals surface area contributed by atoms with Gasteiger partial charge in [0.2, 0.25) is 5.88 Å². The zero-order valence-electron chi connectivity index (χ0n) is 10.3. The standard InChI is InChI=1S/C12H13F2N3O3/c13-12(14)7(1-5(3-18)10(12)19)6-2-15-9-8(6)16-4-17-11(9)20/h2,4-5,7,10,15,18-19H,1,3H2,(H,16,17,20)/t5-,7+,10-/m1/s1. The molecule has 4 N–H and O–H groups in total. The average molecular weight is 285 g/mol. The number of hydrogen-bond donors (Lipinski definition) is 4. The summed E-state index contributed by atoms with van der Waals surface area (Å²) in [6.45, 7) is -0.504. The molecule has 2 heterocycles. The molecule has 1 aliphatic carbocycles. The third-order valence-corrected chi connectivity index (χ3v) is 3.93. The van der Waals surface area contributed by atoms with Gasteiger partial charge in [0.05, 0.1) is 11.4 Å². The molecule has 0 radical (unpaired) electrons. The Balaban J connectivity index is 2.10. The molecule has 0 spiro atoms. The molecule has 2 aromatic rings. The van der Waals surface area contributed by atoms with Crippen LogP contribution in [0.3, 0.4) is 0 Å². The minimum atomic E-state index is -3.36. The molecule has 3 rings (SSSR count). The highest BCUT2D eigenvalue weighted by Crippen LogP contribution is 2.50. The number of rotatable bonds is 2. The van der Waals surface area contributed by atoms with Crippen molar-refractivity contribution in [1.82, 2.24) is 15.0 Å². The normalized spacial score (nSPS) is 29.1. The van der Waals surface area contributed by atoms with Gasteiger partial charge in [0.15, 0.2) is 0 Å². The van der Waals surface area contributed by atoms with Crippen LogP contribution in [0.5, 0.6) is 5.88 Å². The monoisotopic (exact) mass is 285 g/mol. The molecule has 1 aliphatic rings. The zero-order chi connectivity index (χ0) is 14.5.